The van der Waals surface area contributed by atoms with Gasteiger partial charge in [0, 0.05) is 17.4 Å². The average molecular weight is 995 g/mol. The molecule has 0 aliphatic rings. The van der Waals surface area contributed by atoms with Crippen LogP contribution in [0.1, 0.15) is 65.1 Å². The maximum atomic E-state index is 14.0. The molecular weight excluding hydrogens is 947 g/mol. The summed E-state index contributed by atoms with van der Waals surface area (Å²) < 4.78 is 62.9. The Morgan fingerprint density at radius 3 is 1.35 bits per heavy atom. The summed E-state index contributed by atoms with van der Waals surface area (Å²) in [5.74, 6) is -0.536. The molecule has 71 heavy (non-hydrogen) atoms. The van der Waals surface area contributed by atoms with Crippen molar-refractivity contribution in [3.63, 3.8) is 0 Å². The largest absolute Gasteiger partial charge is 0.875 e. The molecule has 0 aromatic heterocycles. The fourth-order valence-corrected chi connectivity index (χ4v) is 9.78. The molecule has 7 rings (SSSR count). The molecular formula is C55H48O14P2-2. The third kappa shape index (κ3) is 10.9. The fraction of sp³-hybridized carbons (Fsp3) is 0.164. The first-order chi connectivity index (χ1) is 34.1. The zero-order valence-electron chi connectivity index (χ0n) is 40.0. The highest BCUT2D eigenvalue weighted by atomic mass is 31.2. The zero-order valence-corrected chi connectivity index (χ0v) is 41.8. The standard InChI is InChI=1S/C55H50O14P2/c1-33(56)43-23-19-39(62-5)29-48(43)47-27-28-50(66-70(60)61)54(53(47)49-30-40(63-6)20-24-44(49)34(2)57)55(37-15-11-9-12-16-37,38-17-13-10-14-18-38)69-71(67-51-31-41(64-7)21-25-45(51)35(3)58)68-52-32-42(65-8)22-26-46(52)36(4)59/h9-32,56-57H,1-8H3/p-2/b43-33-,44-34-,48-47+,53-49-. The van der Waals surface area contributed by atoms with Crippen LogP contribution in [-0.2, 0) is 14.7 Å². The van der Waals surface area contributed by atoms with E-state index in [0.29, 0.717) is 44.6 Å². The lowest BCUT2D eigenvalue weighted by atomic mass is 9.78. The Morgan fingerprint density at radius 2 is 0.930 bits per heavy atom. The molecule has 0 heterocycles. The second kappa shape index (κ2) is 22.4. The molecule has 0 saturated heterocycles. The van der Waals surface area contributed by atoms with E-state index in [2.05, 4.69) is 0 Å². The van der Waals surface area contributed by atoms with Crippen LogP contribution < -0.4 is 58.1 Å². The van der Waals surface area contributed by atoms with Crippen LogP contribution in [0.5, 0.6) is 40.2 Å². The van der Waals surface area contributed by atoms with Crippen molar-refractivity contribution in [2.45, 2.75) is 33.3 Å². The molecule has 7 aromatic carbocycles. The van der Waals surface area contributed by atoms with Gasteiger partial charge in [0.15, 0.2) is 22.9 Å². The van der Waals surface area contributed by atoms with Gasteiger partial charge in [-0.15, -0.1) is 11.5 Å². The summed E-state index contributed by atoms with van der Waals surface area (Å²) in [6, 6.07) is 39.4. The molecule has 1 atom stereocenters. The van der Waals surface area contributed by atoms with Crippen LogP contribution in [0.3, 0.4) is 0 Å². The number of benzene rings is 7. The number of rotatable bonds is 17. The van der Waals surface area contributed by atoms with Gasteiger partial charge in [-0.1, -0.05) is 86.6 Å². The highest BCUT2D eigenvalue weighted by molar-refractivity contribution is 7.42. The van der Waals surface area contributed by atoms with Crippen LogP contribution >= 0.6 is 16.9 Å². The molecule has 7 aromatic rings. The van der Waals surface area contributed by atoms with Gasteiger partial charge in [0.05, 0.1) is 45.1 Å². The van der Waals surface area contributed by atoms with Crippen molar-refractivity contribution in [3.05, 3.63) is 205 Å². The van der Waals surface area contributed by atoms with Crippen molar-refractivity contribution in [3.8, 4) is 40.2 Å². The van der Waals surface area contributed by atoms with E-state index in [1.54, 1.807) is 115 Å². The molecule has 16 heteroatoms. The number of hydrogen-bond donors (Lipinski definition) is 0. The quantitative estimate of drug-likeness (QED) is 0.0488. The second-order valence-electron chi connectivity index (χ2n) is 15.9. The maximum absolute atomic E-state index is 14.0. The minimum atomic E-state index is -3.69. The van der Waals surface area contributed by atoms with Crippen molar-refractivity contribution in [2.75, 3.05) is 28.4 Å². The van der Waals surface area contributed by atoms with E-state index >= 15 is 0 Å². The van der Waals surface area contributed by atoms with Gasteiger partial charge in [0.25, 0.3) is 0 Å². The molecule has 14 nitrogen and oxygen atoms in total. The predicted molar refractivity (Wildman–Crippen MR) is 261 cm³/mol. The summed E-state index contributed by atoms with van der Waals surface area (Å²) in [5.41, 5.74) is -1.27. The van der Waals surface area contributed by atoms with Crippen molar-refractivity contribution in [1.82, 2.24) is 0 Å². The van der Waals surface area contributed by atoms with Crippen LogP contribution in [0.25, 0.3) is 11.5 Å². The Morgan fingerprint density at radius 1 is 0.507 bits per heavy atom. The fourth-order valence-electron chi connectivity index (χ4n) is 8.21. The van der Waals surface area contributed by atoms with Crippen molar-refractivity contribution < 1.29 is 66.3 Å². The van der Waals surface area contributed by atoms with E-state index in [-0.39, 0.29) is 77.9 Å². The molecule has 364 valence electrons. The monoisotopic (exact) mass is 994 g/mol. The van der Waals surface area contributed by atoms with Gasteiger partial charge in [-0.05, 0) is 116 Å². The molecule has 0 radical (unpaired) electrons. The topological polar surface area (TPSA) is 194 Å². The van der Waals surface area contributed by atoms with Gasteiger partial charge >= 0.3 is 16.9 Å². The van der Waals surface area contributed by atoms with E-state index in [1.165, 1.54) is 86.5 Å². The lowest BCUT2D eigenvalue weighted by molar-refractivity contribution is -0.249. The van der Waals surface area contributed by atoms with E-state index in [9.17, 15) is 29.3 Å². The first-order valence-electron chi connectivity index (χ1n) is 21.9. The van der Waals surface area contributed by atoms with Crippen molar-refractivity contribution >= 4 is 39.9 Å². The van der Waals surface area contributed by atoms with E-state index in [0.717, 1.165) is 0 Å². The van der Waals surface area contributed by atoms with Gasteiger partial charge in [-0.3, -0.25) is 18.6 Å². The SMILES string of the molecule is COc1ccc(C(C)=O)c(OP(Oc2cc(OC)ccc2C(C)=O)OC(c2ccccc2)(c2ccccc2)c2c(O[P+](=O)[O-])ccc(=c3/cc(OC)cc/c3=C(\C)[O-])/c2=c2\cc(OC)cc\c2=C(/C)[O-])c1. The molecule has 1 unspecified atom stereocenters. The summed E-state index contributed by atoms with van der Waals surface area (Å²) >= 11 is 0. The summed E-state index contributed by atoms with van der Waals surface area (Å²) in [7, 11) is -0.886. The number of methoxy groups -OCH3 is 4. The molecule has 0 aliphatic heterocycles. The second-order valence-corrected chi connectivity index (χ2v) is 17.5. The van der Waals surface area contributed by atoms with Crippen molar-refractivity contribution in [1.29, 1.82) is 0 Å². The molecule has 0 amide bonds. The number of Topliss-reactive ketones (excluding diaryl/α,β-unsaturated/α-hetero) is 2. The van der Waals surface area contributed by atoms with Crippen LogP contribution in [0.2, 0.25) is 0 Å². The Bertz CT molecular complexity index is 3360. The predicted octanol–water partition coefficient (Wildman–Crippen LogP) is 7.77. The molecule has 0 bridgehead atoms. The normalized spacial score (nSPS) is 13.4. The van der Waals surface area contributed by atoms with E-state index in [4.69, 9.17) is 37.0 Å². The Hall–Kier alpha value is -7.73. The first kappa shape index (κ1) is 51.1. The molecule has 0 fully saturated rings. The van der Waals surface area contributed by atoms with Gasteiger partial charge in [0.2, 0.25) is 0 Å². The minimum Gasteiger partial charge on any atom is -0.875 e. The summed E-state index contributed by atoms with van der Waals surface area (Å²) in [6.07, 6.45) is 0. The summed E-state index contributed by atoms with van der Waals surface area (Å²) in [6.45, 7) is 5.50. The molecule has 0 aliphatic carbocycles. The van der Waals surface area contributed by atoms with Crippen LogP contribution in [-0.4, -0.2) is 40.0 Å². The van der Waals surface area contributed by atoms with Gasteiger partial charge < -0.3 is 43.1 Å². The lowest BCUT2D eigenvalue weighted by Gasteiger charge is -2.38. The van der Waals surface area contributed by atoms with Crippen molar-refractivity contribution in [2.24, 2.45) is 0 Å². The zero-order chi connectivity index (χ0) is 51.0. The number of hydrogen-bond acceptors (Lipinski definition) is 14. The minimum absolute atomic E-state index is 0.0192. The van der Waals surface area contributed by atoms with Gasteiger partial charge in [-0.2, -0.15) is 0 Å². The highest BCUT2D eigenvalue weighted by Crippen LogP contribution is 2.56. The Labute approximate surface area is 411 Å². The van der Waals surface area contributed by atoms with Crippen LogP contribution in [0, 0.1) is 20.9 Å². The number of carbonyl (C=O) groups is 2. The average Bonchev–Trinajstić information content (AvgIpc) is 3.37. The van der Waals surface area contributed by atoms with Crippen LogP contribution in [0.4, 0.5) is 0 Å². The van der Waals surface area contributed by atoms with Gasteiger partial charge in [0.1, 0.15) is 34.5 Å². The highest BCUT2D eigenvalue weighted by Gasteiger charge is 2.47. The smallest absolute Gasteiger partial charge is 0.539 e. The maximum Gasteiger partial charge on any atom is 0.539 e. The Kier molecular flexibility index (Phi) is 16.1. The summed E-state index contributed by atoms with van der Waals surface area (Å²) in [5, 5.41) is 29.1. The number of ketones is 2. The van der Waals surface area contributed by atoms with Crippen LogP contribution in [0.15, 0.2) is 146 Å². The van der Waals surface area contributed by atoms with Gasteiger partial charge in [-0.25, -0.2) is 0 Å². The van der Waals surface area contributed by atoms with E-state index < -0.39 is 22.5 Å². The summed E-state index contributed by atoms with van der Waals surface area (Å²) in [4.78, 5) is 39.9. The lowest BCUT2D eigenvalue weighted by Crippen LogP contribution is -2.34. The molecule has 0 N–H and O–H groups in total. The molecule has 0 saturated carbocycles. The Balaban J connectivity index is 1.84. The third-order valence-corrected chi connectivity index (χ3v) is 13.0. The first-order valence-corrected chi connectivity index (χ1v) is 24.1. The number of carbonyl (C=O) groups excluding carboxylic acids is 2. The number of ether oxygens (including phenoxy) is 4. The molecule has 0 spiro atoms. The van der Waals surface area contributed by atoms with E-state index in [1.807, 2.05) is 0 Å². The third-order valence-electron chi connectivity index (χ3n) is 11.5.